The molecule has 0 unspecified atom stereocenters. The molecule has 2 rings (SSSR count). The number of piperazine rings is 1. The lowest BCUT2D eigenvalue weighted by Crippen LogP contribution is -2.56. The Morgan fingerprint density at radius 2 is 1.96 bits per heavy atom. The second kappa shape index (κ2) is 7.35. The van der Waals surface area contributed by atoms with Gasteiger partial charge in [-0.3, -0.25) is 0 Å². The summed E-state index contributed by atoms with van der Waals surface area (Å²) in [4.78, 5) is 20.1. The summed E-state index contributed by atoms with van der Waals surface area (Å²) in [6.07, 6.45) is 1.59. The lowest BCUT2D eigenvalue weighted by Gasteiger charge is -2.41. The van der Waals surface area contributed by atoms with Crippen molar-refractivity contribution in [2.45, 2.75) is 39.3 Å². The predicted octanol–water partition coefficient (Wildman–Crippen LogP) is 2.86. The van der Waals surface area contributed by atoms with Crippen LogP contribution in [-0.4, -0.2) is 53.0 Å². The molecule has 0 aromatic heterocycles. The molecule has 6 heteroatoms. The third kappa shape index (κ3) is 4.48. The van der Waals surface area contributed by atoms with Gasteiger partial charge in [0.15, 0.2) is 0 Å². The molecule has 1 atom stereocenters. The predicted molar refractivity (Wildman–Crippen MR) is 92.6 cm³/mol. The van der Waals surface area contributed by atoms with Crippen molar-refractivity contribution < 1.29 is 9.53 Å². The van der Waals surface area contributed by atoms with Crippen LogP contribution >= 0.6 is 0 Å². The normalized spacial score (nSPS) is 19.0. The number of carbonyl (C=O) groups is 1. The minimum Gasteiger partial charge on any atom is -0.444 e. The van der Waals surface area contributed by atoms with E-state index in [0.717, 1.165) is 5.56 Å². The summed E-state index contributed by atoms with van der Waals surface area (Å²) in [6, 6.07) is 9.60. The highest BCUT2D eigenvalue weighted by molar-refractivity contribution is 5.99. The van der Waals surface area contributed by atoms with Gasteiger partial charge in [-0.25, -0.2) is 4.79 Å². The molecule has 1 aliphatic rings. The Labute approximate surface area is 143 Å². The summed E-state index contributed by atoms with van der Waals surface area (Å²) in [5.41, 5.74) is 0.391. The number of aliphatic imine (C=N–C) groups is 1. The molecule has 0 N–H and O–H groups in total. The molecule has 1 aromatic rings. The summed E-state index contributed by atoms with van der Waals surface area (Å²) < 4.78 is 5.46. The fourth-order valence-electron chi connectivity index (χ4n) is 2.69. The average Bonchev–Trinajstić information content (AvgIpc) is 2.51. The van der Waals surface area contributed by atoms with Crippen LogP contribution in [0.1, 0.15) is 33.3 Å². The Morgan fingerprint density at radius 1 is 1.29 bits per heavy atom. The number of nitriles is 1. The molecule has 0 aliphatic carbocycles. The van der Waals surface area contributed by atoms with Crippen LogP contribution in [0.2, 0.25) is 0 Å². The van der Waals surface area contributed by atoms with Crippen LogP contribution < -0.4 is 0 Å². The van der Waals surface area contributed by atoms with Gasteiger partial charge in [-0.05, 0) is 27.7 Å². The maximum atomic E-state index is 12.3. The summed E-state index contributed by atoms with van der Waals surface area (Å²) in [7, 11) is 0. The first-order valence-electron chi connectivity index (χ1n) is 8.08. The van der Waals surface area contributed by atoms with Gasteiger partial charge in [0, 0.05) is 31.2 Å². The number of amidine groups is 1. The van der Waals surface area contributed by atoms with Crippen LogP contribution in [0, 0.1) is 11.5 Å². The largest absolute Gasteiger partial charge is 0.444 e. The molecule has 1 saturated heterocycles. The van der Waals surface area contributed by atoms with Gasteiger partial charge in [-0.2, -0.15) is 10.3 Å². The van der Waals surface area contributed by atoms with E-state index in [1.807, 2.05) is 69.1 Å². The second-order valence-electron chi connectivity index (χ2n) is 6.87. The maximum absolute atomic E-state index is 12.3. The fourth-order valence-corrected chi connectivity index (χ4v) is 2.69. The molecule has 1 fully saturated rings. The zero-order valence-electron chi connectivity index (χ0n) is 14.7. The van der Waals surface area contributed by atoms with Crippen molar-refractivity contribution in [2.24, 2.45) is 4.99 Å². The third-order valence-electron chi connectivity index (χ3n) is 3.74. The van der Waals surface area contributed by atoms with Crippen LogP contribution in [0.5, 0.6) is 0 Å². The molecule has 0 saturated carbocycles. The molecular weight excluding hydrogens is 304 g/mol. The number of hydrogen-bond donors (Lipinski definition) is 0. The van der Waals surface area contributed by atoms with Crippen LogP contribution in [0.3, 0.4) is 0 Å². The summed E-state index contributed by atoms with van der Waals surface area (Å²) >= 11 is 0. The zero-order valence-corrected chi connectivity index (χ0v) is 14.7. The third-order valence-corrected chi connectivity index (χ3v) is 3.74. The zero-order chi connectivity index (χ0) is 17.7. The van der Waals surface area contributed by atoms with Crippen molar-refractivity contribution in [3.63, 3.8) is 0 Å². The number of benzene rings is 1. The lowest BCUT2D eigenvalue weighted by molar-refractivity contribution is 0.00777. The van der Waals surface area contributed by atoms with Crippen LogP contribution in [0.4, 0.5) is 4.79 Å². The maximum Gasteiger partial charge on any atom is 0.410 e. The molecule has 6 nitrogen and oxygen atoms in total. The van der Waals surface area contributed by atoms with Gasteiger partial charge in [0.25, 0.3) is 0 Å². The van der Waals surface area contributed by atoms with E-state index in [2.05, 4.69) is 4.99 Å². The highest BCUT2D eigenvalue weighted by Crippen LogP contribution is 2.17. The summed E-state index contributed by atoms with van der Waals surface area (Å²) in [5.74, 6) is 0.647. The van der Waals surface area contributed by atoms with Crippen molar-refractivity contribution in [1.29, 1.82) is 5.26 Å². The van der Waals surface area contributed by atoms with E-state index < -0.39 is 5.60 Å². The molecule has 1 aromatic carbocycles. The van der Waals surface area contributed by atoms with Gasteiger partial charge in [-0.1, -0.05) is 30.3 Å². The second-order valence-corrected chi connectivity index (χ2v) is 6.87. The fraction of sp³-hybridized carbons (Fsp3) is 0.500. The van der Waals surface area contributed by atoms with Gasteiger partial charge in [0.1, 0.15) is 11.4 Å². The number of amides is 1. The number of nitrogens with zero attached hydrogens (tertiary/aromatic N) is 4. The quantitative estimate of drug-likeness (QED) is 0.451. The first-order chi connectivity index (χ1) is 11.3. The van der Waals surface area contributed by atoms with Gasteiger partial charge >= 0.3 is 6.09 Å². The SMILES string of the molecule is C[C@H]1CN(C(=NC#N)c2ccccc2)CCN1C(=O)OC(C)(C)C. The van der Waals surface area contributed by atoms with Crippen molar-refractivity contribution in [3.8, 4) is 6.19 Å². The molecule has 1 amide bonds. The average molecular weight is 328 g/mol. The van der Waals surface area contributed by atoms with Crippen LogP contribution in [0.25, 0.3) is 0 Å². The van der Waals surface area contributed by atoms with Gasteiger partial charge < -0.3 is 14.5 Å². The van der Waals surface area contributed by atoms with E-state index in [1.54, 1.807) is 4.90 Å². The Morgan fingerprint density at radius 3 is 2.50 bits per heavy atom. The van der Waals surface area contributed by atoms with Crippen LogP contribution in [0.15, 0.2) is 35.3 Å². The minimum atomic E-state index is -0.509. The summed E-state index contributed by atoms with van der Waals surface area (Å²) in [6.45, 7) is 9.31. The molecule has 128 valence electrons. The van der Waals surface area contributed by atoms with Crippen molar-refractivity contribution >= 4 is 11.9 Å². The molecular formula is C18H24N4O2. The van der Waals surface area contributed by atoms with E-state index in [-0.39, 0.29) is 12.1 Å². The molecule has 24 heavy (non-hydrogen) atoms. The lowest BCUT2D eigenvalue weighted by atomic mass is 10.1. The number of ether oxygens (including phenoxy) is 1. The number of hydrogen-bond acceptors (Lipinski definition) is 4. The Bertz CT molecular complexity index is 643. The molecule has 0 radical (unpaired) electrons. The van der Waals surface area contributed by atoms with E-state index >= 15 is 0 Å². The van der Waals surface area contributed by atoms with Crippen molar-refractivity contribution in [1.82, 2.24) is 9.80 Å². The monoisotopic (exact) mass is 328 g/mol. The highest BCUT2D eigenvalue weighted by Gasteiger charge is 2.32. The topological polar surface area (TPSA) is 68.9 Å². The standard InChI is InChI=1S/C18H24N4O2/c1-14-12-21(10-11-22(14)17(23)24-18(2,3)4)16(20-13-19)15-8-6-5-7-9-15/h5-9,14H,10-12H2,1-4H3/t14-/m0/s1. The van der Waals surface area contributed by atoms with E-state index in [1.165, 1.54) is 0 Å². The highest BCUT2D eigenvalue weighted by atomic mass is 16.6. The number of carbonyl (C=O) groups excluding carboxylic acids is 1. The number of rotatable bonds is 1. The van der Waals surface area contributed by atoms with Gasteiger partial charge in [-0.15, -0.1) is 0 Å². The van der Waals surface area contributed by atoms with Gasteiger partial charge in [0.2, 0.25) is 6.19 Å². The first-order valence-corrected chi connectivity index (χ1v) is 8.08. The van der Waals surface area contributed by atoms with Crippen molar-refractivity contribution in [3.05, 3.63) is 35.9 Å². The Hall–Kier alpha value is -2.55. The van der Waals surface area contributed by atoms with E-state index in [9.17, 15) is 4.79 Å². The molecule has 0 bridgehead atoms. The van der Waals surface area contributed by atoms with Gasteiger partial charge in [0.05, 0.1) is 0 Å². The molecule has 1 aliphatic heterocycles. The Kier molecular flexibility index (Phi) is 5.45. The van der Waals surface area contributed by atoms with E-state index in [4.69, 9.17) is 10.00 Å². The van der Waals surface area contributed by atoms with Crippen molar-refractivity contribution in [2.75, 3.05) is 19.6 Å². The summed E-state index contributed by atoms with van der Waals surface area (Å²) in [5, 5.41) is 9.01. The molecule has 0 spiro atoms. The smallest absolute Gasteiger partial charge is 0.410 e. The van der Waals surface area contributed by atoms with Crippen LogP contribution in [-0.2, 0) is 4.74 Å². The Balaban J connectivity index is 2.10. The minimum absolute atomic E-state index is 0.0267. The first kappa shape index (κ1) is 17.8. The van der Waals surface area contributed by atoms with E-state index in [0.29, 0.717) is 25.5 Å². The molecule has 1 heterocycles.